The smallest absolute Gasteiger partial charge is 0.127 e. The summed E-state index contributed by atoms with van der Waals surface area (Å²) >= 11 is 3.48. The molecule has 0 aliphatic carbocycles. The summed E-state index contributed by atoms with van der Waals surface area (Å²) in [5, 5.41) is 8.93. The fourth-order valence-electron chi connectivity index (χ4n) is 2.04. The highest BCUT2D eigenvalue weighted by Gasteiger charge is 2.21. The van der Waals surface area contributed by atoms with Gasteiger partial charge in [0.2, 0.25) is 0 Å². The largest absolute Gasteiger partial charge is 0.396 e. The van der Waals surface area contributed by atoms with Crippen LogP contribution in [0.5, 0.6) is 0 Å². The zero-order valence-corrected chi connectivity index (χ0v) is 9.92. The second-order valence-corrected chi connectivity index (χ2v) is 4.74. The number of aromatic nitrogens is 2. The number of imidazole rings is 1. The molecule has 2 heterocycles. The maximum atomic E-state index is 8.93. The Kier molecular flexibility index (Phi) is 2.93. The van der Waals surface area contributed by atoms with E-state index in [1.165, 1.54) is 12.1 Å². The average Bonchev–Trinajstić information content (AvgIpc) is 2.44. The molecule has 1 aromatic heterocycles. The molecular weight excluding hydrogens is 244 g/mol. The maximum absolute atomic E-state index is 8.93. The Morgan fingerprint density at radius 2 is 2.43 bits per heavy atom. The van der Waals surface area contributed by atoms with Crippen molar-refractivity contribution >= 4 is 15.9 Å². The molecule has 0 aromatic carbocycles. The van der Waals surface area contributed by atoms with Crippen LogP contribution in [0, 0.1) is 5.92 Å². The summed E-state index contributed by atoms with van der Waals surface area (Å²) in [4.78, 5) is 4.44. The Balaban J connectivity index is 2.34. The normalized spacial score (nSPS) is 20.9. The van der Waals surface area contributed by atoms with E-state index in [0.717, 1.165) is 29.3 Å². The molecule has 1 aromatic rings. The van der Waals surface area contributed by atoms with Crippen LogP contribution in [0.4, 0.5) is 0 Å². The van der Waals surface area contributed by atoms with E-state index >= 15 is 0 Å². The topological polar surface area (TPSA) is 38.1 Å². The molecule has 1 unspecified atom stereocenters. The van der Waals surface area contributed by atoms with Crippen LogP contribution in [0.1, 0.15) is 24.9 Å². The fourth-order valence-corrected chi connectivity index (χ4v) is 2.65. The Morgan fingerprint density at radius 3 is 3.14 bits per heavy atom. The van der Waals surface area contributed by atoms with Gasteiger partial charge in [-0.1, -0.05) is 6.92 Å². The third-order valence-electron chi connectivity index (χ3n) is 2.81. The molecule has 0 spiro atoms. The summed E-state index contributed by atoms with van der Waals surface area (Å²) in [6, 6.07) is 0. The van der Waals surface area contributed by atoms with Crippen LogP contribution in [0.25, 0.3) is 0 Å². The minimum atomic E-state index is 0.178. The van der Waals surface area contributed by atoms with Crippen molar-refractivity contribution in [3.8, 4) is 0 Å². The molecule has 0 saturated heterocycles. The van der Waals surface area contributed by atoms with Gasteiger partial charge in [-0.05, 0) is 34.7 Å². The van der Waals surface area contributed by atoms with Gasteiger partial charge in [0.15, 0.2) is 0 Å². The molecule has 1 N–H and O–H groups in total. The van der Waals surface area contributed by atoms with E-state index in [2.05, 4.69) is 32.4 Å². The van der Waals surface area contributed by atoms with Crippen LogP contribution in [0.15, 0.2) is 4.60 Å². The summed E-state index contributed by atoms with van der Waals surface area (Å²) in [6.45, 7) is 3.49. The minimum absolute atomic E-state index is 0.178. The van der Waals surface area contributed by atoms with Gasteiger partial charge < -0.3 is 9.67 Å². The highest BCUT2D eigenvalue weighted by Crippen LogP contribution is 2.27. The first kappa shape index (κ1) is 10.2. The number of halogens is 1. The molecule has 0 fully saturated rings. The highest BCUT2D eigenvalue weighted by atomic mass is 79.9. The summed E-state index contributed by atoms with van der Waals surface area (Å²) in [7, 11) is 0. The predicted octanol–water partition coefficient (Wildman–Crippen LogP) is 1.76. The van der Waals surface area contributed by atoms with Crippen LogP contribution in [0.3, 0.4) is 0 Å². The molecular formula is C10H15BrN2O. The van der Waals surface area contributed by atoms with Gasteiger partial charge in [0.1, 0.15) is 10.4 Å². The van der Waals surface area contributed by atoms with E-state index in [9.17, 15) is 0 Å². The molecule has 2 rings (SSSR count). The number of aliphatic hydroxyl groups is 1. The number of hydrogen-bond donors (Lipinski definition) is 1. The number of aliphatic hydroxyl groups excluding tert-OH is 1. The van der Waals surface area contributed by atoms with Crippen LogP contribution in [-0.4, -0.2) is 21.3 Å². The lowest BCUT2D eigenvalue weighted by molar-refractivity contribution is 0.291. The van der Waals surface area contributed by atoms with Gasteiger partial charge in [-0.2, -0.15) is 0 Å². The molecule has 78 valence electrons. The maximum Gasteiger partial charge on any atom is 0.127 e. The first-order chi connectivity index (χ1) is 6.72. The van der Waals surface area contributed by atoms with Crippen molar-refractivity contribution in [2.45, 2.75) is 32.7 Å². The van der Waals surface area contributed by atoms with Gasteiger partial charge in [-0.25, -0.2) is 4.98 Å². The lowest BCUT2D eigenvalue weighted by Gasteiger charge is -2.22. The van der Waals surface area contributed by atoms with Crippen molar-refractivity contribution in [3.63, 3.8) is 0 Å². The first-order valence-corrected chi connectivity index (χ1v) is 5.86. The van der Waals surface area contributed by atoms with Gasteiger partial charge in [0.05, 0.1) is 12.3 Å². The second kappa shape index (κ2) is 4.03. The van der Waals surface area contributed by atoms with E-state index < -0.39 is 0 Å². The summed E-state index contributed by atoms with van der Waals surface area (Å²) < 4.78 is 3.22. The third-order valence-corrected chi connectivity index (χ3v) is 3.44. The summed E-state index contributed by atoms with van der Waals surface area (Å²) in [5.41, 5.74) is 1.30. The zero-order valence-electron chi connectivity index (χ0n) is 8.33. The van der Waals surface area contributed by atoms with Crippen LogP contribution >= 0.6 is 15.9 Å². The Bertz CT molecular complexity index is 335. The molecule has 0 saturated carbocycles. The number of rotatable bonds is 2. The number of fused-ring (bicyclic) bond motifs is 1. The Morgan fingerprint density at radius 1 is 1.64 bits per heavy atom. The molecule has 3 nitrogen and oxygen atoms in total. The van der Waals surface area contributed by atoms with E-state index in [1.54, 1.807) is 0 Å². The lowest BCUT2D eigenvalue weighted by Crippen LogP contribution is -2.20. The standard InChI is InChI=1S/C10H15BrN2O/c1-7-2-3-8-10(11)12-9(4-5-14)13(8)6-7/h7,14H,2-6H2,1H3. The van der Waals surface area contributed by atoms with Crippen molar-refractivity contribution in [2.24, 2.45) is 5.92 Å². The predicted molar refractivity (Wildman–Crippen MR) is 58.2 cm³/mol. The van der Waals surface area contributed by atoms with Crippen molar-refractivity contribution < 1.29 is 5.11 Å². The zero-order chi connectivity index (χ0) is 10.1. The fraction of sp³-hybridized carbons (Fsp3) is 0.700. The van der Waals surface area contributed by atoms with Crippen LogP contribution in [-0.2, 0) is 19.4 Å². The number of hydrogen-bond acceptors (Lipinski definition) is 2. The second-order valence-electron chi connectivity index (χ2n) is 3.99. The first-order valence-electron chi connectivity index (χ1n) is 5.07. The van der Waals surface area contributed by atoms with Gasteiger partial charge in [0.25, 0.3) is 0 Å². The molecule has 0 bridgehead atoms. The average molecular weight is 259 g/mol. The van der Waals surface area contributed by atoms with E-state index in [0.29, 0.717) is 6.42 Å². The molecule has 0 radical (unpaired) electrons. The van der Waals surface area contributed by atoms with Gasteiger partial charge >= 0.3 is 0 Å². The van der Waals surface area contributed by atoms with Gasteiger partial charge in [0, 0.05) is 13.0 Å². The van der Waals surface area contributed by atoms with Gasteiger partial charge in [-0.15, -0.1) is 0 Å². The SMILES string of the molecule is CC1CCc2c(Br)nc(CCO)n2C1. The van der Waals surface area contributed by atoms with Crippen LogP contribution in [0.2, 0.25) is 0 Å². The third kappa shape index (κ3) is 1.73. The quantitative estimate of drug-likeness (QED) is 0.878. The molecule has 0 amide bonds. The van der Waals surface area contributed by atoms with Crippen molar-refractivity contribution in [2.75, 3.05) is 6.61 Å². The summed E-state index contributed by atoms with van der Waals surface area (Å²) in [5.74, 6) is 1.74. The van der Waals surface area contributed by atoms with E-state index in [4.69, 9.17) is 5.11 Å². The lowest BCUT2D eigenvalue weighted by atomic mass is 10.0. The van der Waals surface area contributed by atoms with E-state index in [1.807, 2.05) is 0 Å². The number of nitrogens with zero attached hydrogens (tertiary/aromatic N) is 2. The van der Waals surface area contributed by atoms with Crippen molar-refractivity contribution in [1.82, 2.24) is 9.55 Å². The molecule has 1 aliphatic rings. The van der Waals surface area contributed by atoms with Crippen molar-refractivity contribution in [3.05, 3.63) is 16.1 Å². The molecule has 1 aliphatic heterocycles. The molecule has 14 heavy (non-hydrogen) atoms. The van der Waals surface area contributed by atoms with Gasteiger partial charge in [-0.3, -0.25) is 0 Å². The monoisotopic (exact) mass is 258 g/mol. The minimum Gasteiger partial charge on any atom is -0.396 e. The highest BCUT2D eigenvalue weighted by molar-refractivity contribution is 9.10. The van der Waals surface area contributed by atoms with Crippen molar-refractivity contribution in [1.29, 1.82) is 0 Å². The Labute approximate surface area is 92.3 Å². The van der Waals surface area contributed by atoms with E-state index in [-0.39, 0.29) is 6.61 Å². The molecule has 1 atom stereocenters. The molecule has 4 heteroatoms. The Hall–Kier alpha value is -0.350. The summed E-state index contributed by atoms with van der Waals surface area (Å²) in [6.07, 6.45) is 2.99. The van der Waals surface area contributed by atoms with Crippen LogP contribution < -0.4 is 0 Å².